The molecule has 6 heteroatoms. The fourth-order valence-corrected chi connectivity index (χ4v) is 3.77. The standard InChI is InChI=1S/C27H19F5O/c1-2-3-4-16-5-9-21-17(13-16)7-11-22(26(21)30)19-6-10-20(23(28)14-19)18-8-12-25(24(29)15-18)33-27(31)32/h2,5-15,27H,1,3-4H2. The highest BCUT2D eigenvalue weighted by molar-refractivity contribution is 5.89. The van der Waals surface area contributed by atoms with Crippen LogP contribution in [-0.4, -0.2) is 6.61 Å². The number of ether oxygens (including phenoxy) is 1. The average Bonchev–Trinajstić information content (AvgIpc) is 2.79. The summed E-state index contributed by atoms with van der Waals surface area (Å²) in [4.78, 5) is 0. The highest BCUT2D eigenvalue weighted by Crippen LogP contribution is 2.34. The average molecular weight is 454 g/mol. The Hall–Kier alpha value is -3.67. The molecular formula is C27H19F5O. The van der Waals surface area contributed by atoms with E-state index in [0.29, 0.717) is 10.9 Å². The summed E-state index contributed by atoms with van der Waals surface area (Å²) in [6.07, 6.45) is 3.46. The third-order valence-corrected chi connectivity index (χ3v) is 5.39. The van der Waals surface area contributed by atoms with Crippen molar-refractivity contribution in [3.63, 3.8) is 0 Å². The third-order valence-electron chi connectivity index (χ3n) is 5.39. The van der Waals surface area contributed by atoms with Gasteiger partial charge in [0.25, 0.3) is 0 Å². The van der Waals surface area contributed by atoms with E-state index in [1.54, 1.807) is 18.2 Å². The van der Waals surface area contributed by atoms with Gasteiger partial charge in [0.2, 0.25) is 0 Å². The van der Waals surface area contributed by atoms with Crippen LogP contribution in [0.1, 0.15) is 12.0 Å². The first kappa shape index (κ1) is 22.5. The molecule has 4 rings (SSSR count). The van der Waals surface area contributed by atoms with Gasteiger partial charge in [-0.15, -0.1) is 6.58 Å². The molecule has 0 atom stereocenters. The van der Waals surface area contributed by atoms with E-state index in [4.69, 9.17) is 0 Å². The molecule has 0 saturated carbocycles. The van der Waals surface area contributed by atoms with Crippen molar-refractivity contribution in [3.05, 3.63) is 102 Å². The van der Waals surface area contributed by atoms with E-state index in [1.165, 1.54) is 24.3 Å². The second kappa shape index (κ2) is 9.45. The van der Waals surface area contributed by atoms with Crippen molar-refractivity contribution in [3.8, 4) is 28.0 Å². The molecule has 4 aromatic carbocycles. The molecule has 0 aliphatic heterocycles. The minimum atomic E-state index is -3.17. The van der Waals surface area contributed by atoms with E-state index in [-0.39, 0.29) is 16.7 Å². The maximum Gasteiger partial charge on any atom is 0.387 e. The van der Waals surface area contributed by atoms with Crippen molar-refractivity contribution in [2.75, 3.05) is 0 Å². The van der Waals surface area contributed by atoms with Gasteiger partial charge in [0.05, 0.1) is 0 Å². The largest absolute Gasteiger partial charge is 0.432 e. The minimum Gasteiger partial charge on any atom is -0.432 e. The van der Waals surface area contributed by atoms with Gasteiger partial charge in [-0.05, 0) is 53.1 Å². The lowest BCUT2D eigenvalue weighted by Crippen LogP contribution is -2.03. The second-order valence-corrected chi connectivity index (χ2v) is 7.53. The zero-order valence-corrected chi connectivity index (χ0v) is 17.4. The molecule has 33 heavy (non-hydrogen) atoms. The minimum absolute atomic E-state index is 0.0503. The summed E-state index contributed by atoms with van der Waals surface area (Å²) >= 11 is 0. The number of aryl methyl sites for hydroxylation is 1. The van der Waals surface area contributed by atoms with Crippen molar-refractivity contribution in [2.24, 2.45) is 0 Å². The molecule has 0 spiro atoms. The quantitative estimate of drug-likeness (QED) is 0.202. The first-order valence-corrected chi connectivity index (χ1v) is 10.2. The monoisotopic (exact) mass is 454 g/mol. The van der Waals surface area contributed by atoms with Crippen LogP contribution in [0.25, 0.3) is 33.0 Å². The lowest BCUT2D eigenvalue weighted by Gasteiger charge is -2.11. The van der Waals surface area contributed by atoms with Gasteiger partial charge in [0.1, 0.15) is 11.6 Å². The zero-order valence-electron chi connectivity index (χ0n) is 17.4. The number of hydrogen-bond acceptors (Lipinski definition) is 1. The maximum absolute atomic E-state index is 15.2. The van der Waals surface area contributed by atoms with Gasteiger partial charge in [-0.3, -0.25) is 0 Å². The third kappa shape index (κ3) is 4.75. The molecule has 0 aromatic heterocycles. The Balaban J connectivity index is 1.67. The Morgan fingerprint density at radius 3 is 2.18 bits per heavy atom. The molecule has 0 radical (unpaired) electrons. The van der Waals surface area contributed by atoms with Crippen LogP contribution in [0.4, 0.5) is 22.0 Å². The van der Waals surface area contributed by atoms with Crippen LogP contribution in [-0.2, 0) is 6.42 Å². The molecule has 0 heterocycles. The van der Waals surface area contributed by atoms with Crippen LogP contribution in [0.2, 0.25) is 0 Å². The first-order chi connectivity index (χ1) is 15.9. The topological polar surface area (TPSA) is 9.23 Å². The summed E-state index contributed by atoms with van der Waals surface area (Å²) in [7, 11) is 0. The maximum atomic E-state index is 15.2. The van der Waals surface area contributed by atoms with Crippen molar-refractivity contribution in [1.29, 1.82) is 0 Å². The van der Waals surface area contributed by atoms with Crippen molar-refractivity contribution < 1.29 is 26.7 Å². The van der Waals surface area contributed by atoms with E-state index in [2.05, 4.69) is 11.3 Å². The predicted octanol–water partition coefficient (Wildman–Crippen LogP) is 8.31. The number of rotatable bonds is 7. The molecular weight excluding hydrogens is 435 g/mol. The number of fused-ring (bicyclic) bond motifs is 1. The molecule has 0 amide bonds. The Bertz CT molecular complexity index is 1330. The highest BCUT2D eigenvalue weighted by atomic mass is 19.3. The molecule has 1 nitrogen and oxygen atoms in total. The molecule has 0 bridgehead atoms. The molecule has 0 aliphatic carbocycles. The van der Waals surface area contributed by atoms with E-state index < -0.39 is 29.8 Å². The summed E-state index contributed by atoms with van der Waals surface area (Å²) < 4.78 is 72.8. The number of benzene rings is 4. The number of halogens is 5. The Kier molecular flexibility index (Phi) is 6.45. The molecule has 0 unspecified atom stereocenters. The van der Waals surface area contributed by atoms with E-state index in [9.17, 15) is 17.6 Å². The van der Waals surface area contributed by atoms with Gasteiger partial charge in [0, 0.05) is 16.5 Å². The molecule has 4 aromatic rings. The Labute approximate surface area is 187 Å². The fourth-order valence-electron chi connectivity index (χ4n) is 3.77. The number of alkyl halides is 2. The van der Waals surface area contributed by atoms with Gasteiger partial charge in [-0.2, -0.15) is 8.78 Å². The van der Waals surface area contributed by atoms with Gasteiger partial charge < -0.3 is 4.74 Å². The normalized spacial score (nSPS) is 11.2. The first-order valence-electron chi connectivity index (χ1n) is 10.2. The van der Waals surface area contributed by atoms with E-state index in [0.717, 1.165) is 35.9 Å². The van der Waals surface area contributed by atoms with Gasteiger partial charge >= 0.3 is 6.61 Å². The lowest BCUT2D eigenvalue weighted by molar-refractivity contribution is -0.0521. The molecule has 0 fully saturated rings. The van der Waals surface area contributed by atoms with Gasteiger partial charge in [0.15, 0.2) is 11.6 Å². The SMILES string of the molecule is C=CCCc1ccc2c(F)c(-c3ccc(-c4ccc(OC(F)F)c(F)c4)c(F)c3)ccc2c1. The van der Waals surface area contributed by atoms with E-state index in [1.807, 2.05) is 18.2 Å². The van der Waals surface area contributed by atoms with Gasteiger partial charge in [-0.1, -0.05) is 54.6 Å². The van der Waals surface area contributed by atoms with Crippen LogP contribution in [0.5, 0.6) is 5.75 Å². The summed E-state index contributed by atoms with van der Waals surface area (Å²) in [6, 6.07) is 16.2. The summed E-state index contributed by atoms with van der Waals surface area (Å²) in [6.45, 7) is 0.537. The second-order valence-electron chi connectivity index (χ2n) is 7.53. The van der Waals surface area contributed by atoms with Crippen LogP contribution in [0.15, 0.2) is 79.4 Å². The number of hydrogen-bond donors (Lipinski definition) is 0. The van der Waals surface area contributed by atoms with Crippen molar-refractivity contribution in [2.45, 2.75) is 19.5 Å². The van der Waals surface area contributed by atoms with E-state index >= 15 is 4.39 Å². The van der Waals surface area contributed by atoms with Crippen molar-refractivity contribution >= 4 is 10.8 Å². The molecule has 0 aliphatic rings. The van der Waals surface area contributed by atoms with Crippen LogP contribution in [0, 0.1) is 17.5 Å². The predicted molar refractivity (Wildman–Crippen MR) is 120 cm³/mol. The van der Waals surface area contributed by atoms with Gasteiger partial charge in [-0.25, -0.2) is 13.2 Å². The summed E-state index contributed by atoms with van der Waals surface area (Å²) in [5, 5.41) is 1.17. The zero-order chi connectivity index (χ0) is 23.5. The summed E-state index contributed by atoms with van der Waals surface area (Å²) in [5.41, 5.74) is 1.82. The Morgan fingerprint density at radius 2 is 1.48 bits per heavy atom. The van der Waals surface area contributed by atoms with Crippen LogP contribution in [0.3, 0.4) is 0 Å². The fraction of sp³-hybridized carbons (Fsp3) is 0.111. The summed E-state index contributed by atoms with van der Waals surface area (Å²) in [5.74, 6) is -2.83. The number of allylic oxidation sites excluding steroid dienone is 1. The highest BCUT2D eigenvalue weighted by Gasteiger charge is 2.15. The van der Waals surface area contributed by atoms with Crippen LogP contribution >= 0.6 is 0 Å². The van der Waals surface area contributed by atoms with Crippen molar-refractivity contribution in [1.82, 2.24) is 0 Å². The molecule has 168 valence electrons. The smallest absolute Gasteiger partial charge is 0.387 e. The Morgan fingerprint density at radius 1 is 0.788 bits per heavy atom. The molecule has 0 saturated heterocycles. The lowest BCUT2D eigenvalue weighted by atomic mass is 9.96. The molecule has 0 N–H and O–H groups in total. The van der Waals surface area contributed by atoms with Crippen LogP contribution < -0.4 is 4.74 Å².